The molecule has 1 heterocycles. The van der Waals surface area contributed by atoms with Crippen molar-refractivity contribution in [3.8, 4) is 0 Å². The van der Waals surface area contributed by atoms with Crippen LogP contribution in [0.5, 0.6) is 0 Å². The summed E-state index contributed by atoms with van der Waals surface area (Å²) < 4.78 is 7.55. The van der Waals surface area contributed by atoms with Gasteiger partial charge in [-0.15, -0.1) is 0 Å². The van der Waals surface area contributed by atoms with E-state index >= 15 is 0 Å². The van der Waals surface area contributed by atoms with Gasteiger partial charge in [0.05, 0.1) is 12.4 Å². The van der Waals surface area contributed by atoms with Crippen LogP contribution in [0.2, 0.25) is 0 Å². The van der Waals surface area contributed by atoms with Crippen molar-refractivity contribution in [2.75, 3.05) is 7.11 Å². The van der Waals surface area contributed by atoms with Crippen LogP contribution in [-0.2, 0) is 4.74 Å². The fourth-order valence-electron chi connectivity index (χ4n) is 1.69. The second-order valence-electron chi connectivity index (χ2n) is 3.74. The Labute approximate surface area is 86.1 Å². The average Bonchev–Trinajstić information content (AvgIpc) is 2.69. The SMILES string of the molecule is CCCC(CC(C)n1ccnc1)OC. The Morgan fingerprint density at radius 1 is 1.50 bits per heavy atom. The predicted molar refractivity (Wildman–Crippen MR) is 57.3 cm³/mol. The number of hydrogen-bond acceptors (Lipinski definition) is 2. The molecule has 2 unspecified atom stereocenters. The van der Waals surface area contributed by atoms with Crippen LogP contribution < -0.4 is 0 Å². The molecule has 0 aliphatic rings. The predicted octanol–water partition coefficient (Wildman–Crippen LogP) is 2.65. The van der Waals surface area contributed by atoms with E-state index in [-0.39, 0.29) is 0 Å². The lowest BCUT2D eigenvalue weighted by Crippen LogP contribution is -2.16. The Morgan fingerprint density at radius 2 is 2.29 bits per heavy atom. The molecule has 0 N–H and O–H groups in total. The van der Waals surface area contributed by atoms with Crippen LogP contribution in [0, 0.1) is 0 Å². The van der Waals surface area contributed by atoms with E-state index in [1.165, 1.54) is 6.42 Å². The zero-order valence-electron chi connectivity index (χ0n) is 9.31. The van der Waals surface area contributed by atoms with Crippen LogP contribution in [0.1, 0.15) is 39.2 Å². The standard InChI is InChI=1S/C11H20N2O/c1-4-5-11(14-3)8-10(2)13-7-6-12-9-13/h6-7,9-11H,4-5,8H2,1-3H3. The molecule has 2 atom stereocenters. The zero-order valence-corrected chi connectivity index (χ0v) is 9.31. The number of imidazole rings is 1. The van der Waals surface area contributed by atoms with Gasteiger partial charge in [0.1, 0.15) is 0 Å². The molecule has 0 amide bonds. The van der Waals surface area contributed by atoms with Crippen molar-refractivity contribution < 1.29 is 4.74 Å². The molecule has 0 saturated heterocycles. The fourth-order valence-corrected chi connectivity index (χ4v) is 1.69. The smallest absolute Gasteiger partial charge is 0.0948 e. The monoisotopic (exact) mass is 196 g/mol. The second kappa shape index (κ2) is 5.81. The quantitative estimate of drug-likeness (QED) is 0.699. The van der Waals surface area contributed by atoms with Gasteiger partial charge in [-0.3, -0.25) is 0 Å². The minimum atomic E-state index is 0.373. The summed E-state index contributed by atoms with van der Waals surface area (Å²) in [5.41, 5.74) is 0. The van der Waals surface area contributed by atoms with Crippen LogP contribution >= 0.6 is 0 Å². The molecule has 80 valence electrons. The molecule has 3 nitrogen and oxygen atoms in total. The maximum absolute atomic E-state index is 5.43. The van der Waals surface area contributed by atoms with Crippen molar-refractivity contribution in [3.05, 3.63) is 18.7 Å². The van der Waals surface area contributed by atoms with Gasteiger partial charge in [-0.1, -0.05) is 13.3 Å². The van der Waals surface area contributed by atoms with Crippen molar-refractivity contribution in [2.45, 2.75) is 45.3 Å². The van der Waals surface area contributed by atoms with Gasteiger partial charge < -0.3 is 9.30 Å². The molecular weight excluding hydrogens is 176 g/mol. The van der Waals surface area contributed by atoms with Crippen molar-refractivity contribution in [2.24, 2.45) is 0 Å². The maximum atomic E-state index is 5.43. The van der Waals surface area contributed by atoms with E-state index < -0.39 is 0 Å². The lowest BCUT2D eigenvalue weighted by atomic mass is 10.1. The fraction of sp³-hybridized carbons (Fsp3) is 0.727. The van der Waals surface area contributed by atoms with Gasteiger partial charge >= 0.3 is 0 Å². The van der Waals surface area contributed by atoms with Crippen LogP contribution in [0.3, 0.4) is 0 Å². The zero-order chi connectivity index (χ0) is 10.4. The normalized spacial score (nSPS) is 15.4. The van der Waals surface area contributed by atoms with E-state index in [0.29, 0.717) is 12.1 Å². The van der Waals surface area contributed by atoms with Gasteiger partial charge in [0.25, 0.3) is 0 Å². The first-order valence-electron chi connectivity index (χ1n) is 5.28. The van der Waals surface area contributed by atoms with Crippen LogP contribution in [0.4, 0.5) is 0 Å². The highest BCUT2D eigenvalue weighted by molar-refractivity contribution is 4.80. The Morgan fingerprint density at radius 3 is 2.79 bits per heavy atom. The number of aromatic nitrogens is 2. The van der Waals surface area contributed by atoms with Gasteiger partial charge in [-0.25, -0.2) is 4.98 Å². The van der Waals surface area contributed by atoms with Crippen LogP contribution in [0.15, 0.2) is 18.7 Å². The average molecular weight is 196 g/mol. The number of hydrogen-bond donors (Lipinski definition) is 0. The van der Waals surface area contributed by atoms with E-state index in [1.54, 1.807) is 7.11 Å². The summed E-state index contributed by atoms with van der Waals surface area (Å²) in [6.45, 7) is 4.39. The molecular formula is C11H20N2O. The molecule has 0 aliphatic carbocycles. The Balaban J connectivity index is 2.42. The molecule has 14 heavy (non-hydrogen) atoms. The highest BCUT2D eigenvalue weighted by atomic mass is 16.5. The minimum Gasteiger partial charge on any atom is -0.381 e. The van der Waals surface area contributed by atoms with Gasteiger partial charge in [-0.05, 0) is 19.8 Å². The van der Waals surface area contributed by atoms with Crippen molar-refractivity contribution in [3.63, 3.8) is 0 Å². The van der Waals surface area contributed by atoms with Crippen molar-refractivity contribution >= 4 is 0 Å². The Hall–Kier alpha value is -0.830. The molecule has 0 saturated carbocycles. The topological polar surface area (TPSA) is 27.1 Å². The van der Waals surface area contributed by atoms with E-state index in [2.05, 4.69) is 23.4 Å². The number of nitrogens with zero attached hydrogens (tertiary/aromatic N) is 2. The molecule has 0 radical (unpaired) electrons. The van der Waals surface area contributed by atoms with E-state index in [4.69, 9.17) is 4.74 Å². The molecule has 1 aromatic rings. The van der Waals surface area contributed by atoms with Crippen molar-refractivity contribution in [1.29, 1.82) is 0 Å². The number of rotatable bonds is 6. The summed E-state index contributed by atoms with van der Waals surface area (Å²) in [4.78, 5) is 4.04. The van der Waals surface area contributed by atoms with Crippen LogP contribution in [0.25, 0.3) is 0 Å². The first-order valence-corrected chi connectivity index (χ1v) is 5.28. The third-order valence-corrected chi connectivity index (χ3v) is 2.58. The summed E-state index contributed by atoms with van der Waals surface area (Å²) in [6.07, 6.45) is 9.42. The van der Waals surface area contributed by atoms with Crippen molar-refractivity contribution in [1.82, 2.24) is 9.55 Å². The molecule has 0 aliphatic heterocycles. The molecule has 0 aromatic carbocycles. The molecule has 1 aromatic heterocycles. The lowest BCUT2D eigenvalue weighted by Gasteiger charge is -2.20. The summed E-state index contributed by atoms with van der Waals surface area (Å²) in [6, 6.07) is 0.467. The molecule has 1 rings (SSSR count). The third-order valence-electron chi connectivity index (χ3n) is 2.58. The van der Waals surface area contributed by atoms with Gasteiger partial charge in [0.15, 0.2) is 0 Å². The third kappa shape index (κ3) is 3.14. The molecule has 0 spiro atoms. The van der Waals surface area contributed by atoms with E-state index in [9.17, 15) is 0 Å². The summed E-state index contributed by atoms with van der Waals surface area (Å²) >= 11 is 0. The largest absolute Gasteiger partial charge is 0.381 e. The first-order chi connectivity index (χ1) is 6.77. The highest BCUT2D eigenvalue weighted by Crippen LogP contribution is 2.17. The summed E-state index contributed by atoms with van der Waals surface area (Å²) in [5, 5.41) is 0. The highest BCUT2D eigenvalue weighted by Gasteiger charge is 2.12. The Bertz CT molecular complexity index is 233. The van der Waals surface area contributed by atoms with Crippen LogP contribution in [-0.4, -0.2) is 22.8 Å². The van der Waals surface area contributed by atoms with Gasteiger partial charge in [0, 0.05) is 25.5 Å². The summed E-state index contributed by atoms with van der Waals surface area (Å²) in [5.74, 6) is 0. The molecule has 0 bridgehead atoms. The molecule has 3 heteroatoms. The lowest BCUT2D eigenvalue weighted by molar-refractivity contribution is 0.0760. The Kier molecular flexibility index (Phi) is 4.66. The minimum absolute atomic E-state index is 0.373. The number of methoxy groups -OCH3 is 1. The second-order valence-corrected chi connectivity index (χ2v) is 3.74. The van der Waals surface area contributed by atoms with E-state index in [1.807, 2.05) is 18.7 Å². The van der Waals surface area contributed by atoms with Gasteiger partial charge in [0.2, 0.25) is 0 Å². The first kappa shape index (κ1) is 11.2. The van der Waals surface area contributed by atoms with Gasteiger partial charge in [-0.2, -0.15) is 0 Å². The number of ether oxygens (including phenoxy) is 1. The molecule has 0 fully saturated rings. The maximum Gasteiger partial charge on any atom is 0.0948 e. The summed E-state index contributed by atoms with van der Waals surface area (Å²) in [7, 11) is 1.79. The van der Waals surface area contributed by atoms with E-state index in [0.717, 1.165) is 12.8 Å².